The molecule has 1 aromatic heterocycles. The van der Waals surface area contributed by atoms with Crippen LogP contribution in [0.1, 0.15) is 52.0 Å². The molecule has 0 spiro atoms. The Hall–Kier alpha value is -2.51. The van der Waals surface area contributed by atoms with Crippen LogP contribution in [-0.2, 0) is 6.18 Å². The third kappa shape index (κ3) is 5.52. The van der Waals surface area contributed by atoms with Crippen molar-refractivity contribution in [3.8, 4) is 11.8 Å². The zero-order valence-electron chi connectivity index (χ0n) is 17.1. The molecule has 1 heterocycles. The molecule has 1 aromatic carbocycles. The zero-order chi connectivity index (χ0) is 21.2. The van der Waals surface area contributed by atoms with E-state index in [1.165, 1.54) is 24.8 Å². The van der Waals surface area contributed by atoms with E-state index in [-0.39, 0.29) is 17.9 Å². The van der Waals surface area contributed by atoms with Gasteiger partial charge in [-0.1, -0.05) is 0 Å². The maximum Gasteiger partial charge on any atom is 0.421 e. The zero-order valence-corrected chi connectivity index (χ0v) is 17.1. The molecule has 1 fully saturated rings. The van der Waals surface area contributed by atoms with Gasteiger partial charge in [0.25, 0.3) is 0 Å². The van der Waals surface area contributed by atoms with Crippen LogP contribution in [-0.4, -0.2) is 28.7 Å². The van der Waals surface area contributed by atoms with Gasteiger partial charge in [0.2, 0.25) is 0 Å². The molecule has 158 valence electrons. The van der Waals surface area contributed by atoms with Gasteiger partial charge in [-0.25, -0.2) is 4.98 Å². The first kappa shape index (κ1) is 21.2. The Labute approximate surface area is 168 Å². The number of aromatic nitrogens is 2. The lowest BCUT2D eigenvalue weighted by Gasteiger charge is -2.25. The fourth-order valence-electron chi connectivity index (χ4n) is 3.21. The lowest BCUT2D eigenvalue weighted by Crippen LogP contribution is -2.26. The Kier molecular flexibility index (Phi) is 5.91. The number of ether oxygens (including phenoxy) is 2. The summed E-state index contributed by atoms with van der Waals surface area (Å²) in [6.45, 7) is 5.33. The first-order valence-electron chi connectivity index (χ1n) is 9.67. The van der Waals surface area contributed by atoms with Crippen LogP contribution >= 0.6 is 0 Å². The molecule has 0 radical (unpaired) electrons. The molecule has 3 rings (SSSR count). The fraction of sp³-hybridized carbons (Fsp3) is 0.524. The number of halogens is 3. The number of benzene rings is 1. The topological polar surface area (TPSA) is 47.5 Å². The maximum absolute atomic E-state index is 13.5. The van der Waals surface area contributed by atoms with Crippen LogP contribution in [0.25, 0.3) is 0 Å². The van der Waals surface area contributed by atoms with E-state index in [1.807, 2.05) is 0 Å². The summed E-state index contributed by atoms with van der Waals surface area (Å²) >= 11 is 0. The Morgan fingerprint density at radius 2 is 1.66 bits per heavy atom. The molecule has 0 N–H and O–H groups in total. The summed E-state index contributed by atoms with van der Waals surface area (Å²) in [6.07, 6.45) is 0.792. The van der Waals surface area contributed by atoms with Gasteiger partial charge in [-0.2, -0.15) is 18.2 Å². The second-order valence-corrected chi connectivity index (χ2v) is 8.18. The Morgan fingerprint density at radius 1 is 1.03 bits per heavy atom. The molecule has 8 heteroatoms. The lowest BCUT2D eigenvalue weighted by molar-refractivity contribution is -0.137. The monoisotopic (exact) mass is 409 g/mol. The number of rotatable bonds is 5. The number of nitrogens with zero attached hydrogens (tertiary/aromatic N) is 3. The molecule has 5 nitrogen and oxygen atoms in total. The van der Waals surface area contributed by atoms with Gasteiger partial charge in [-0.15, -0.1) is 0 Å². The van der Waals surface area contributed by atoms with Gasteiger partial charge >= 0.3 is 12.2 Å². The van der Waals surface area contributed by atoms with Crippen molar-refractivity contribution in [2.24, 2.45) is 0 Å². The quantitative estimate of drug-likeness (QED) is 0.628. The van der Waals surface area contributed by atoms with Crippen molar-refractivity contribution >= 4 is 11.5 Å². The van der Waals surface area contributed by atoms with Crippen LogP contribution < -0.4 is 14.4 Å². The second-order valence-electron chi connectivity index (χ2n) is 8.18. The first-order valence-corrected chi connectivity index (χ1v) is 9.67. The minimum absolute atomic E-state index is 0.103. The van der Waals surface area contributed by atoms with Crippen molar-refractivity contribution in [1.82, 2.24) is 9.97 Å². The largest absolute Gasteiger partial charge is 0.490 e. The van der Waals surface area contributed by atoms with Crippen LogP contribution in [0.5, 0.6) is 11.8 Å². The lowest BCUT2D eigenvalue weighted by atomic mass is 10.2. The first-order chi connectivity index (χ1) is 13.5. The average Bonchev–Trinajstić information content (AvgIpc) is 3.12. The van der Waals surface area contributed by atoms with E-state index in [9.17, 15) is 13.2 Å². The normalized spacial score (nSPS) is 15.4. The van der Waals surface area contributed by atoms with Gasteiger partial charge in [-0.05, 0) is 70.7 Å². The molecule has 0 amide bonds. The minimum atomic E-state index is -4.59. The third-order valence-electron chi connectivity index (χ3n) is 4.60. The van der Waals surface area contributed by atoms with E-state index in [0.29, 0.717) is 11.4 Å². The SMILES string of the molecule is CN(c1ccc(OC2CCCC2)cc1)c1nc(OC(C)(C)C)ncc1C(F)(F)F. The molecule has 0 aliphatic heterocycles. The van der Waals surface area contributed by atoms with Crippen LogP contribution in [0.15, 0.2) is 30.5 Å². The van der Waals surface area contributed by atoms with E-state index in [1.54, 1.807) is 45.0 Å². The van der Waals surface area contributed by atoms with Gasteiger partial charge in [0, 0.05) is 18.9 Å². The Bertz CT molecular complexity index is 827. The van der Waals surface area contributed by atoms with Gasteiger partial charge in [0.05, 0.1) is 6.10 Å². The number of alkyl halides is 3. The third-order valence-corrected chi connectivity index (χ3v) is 4.60. The molecule has 0 bridgehead atoms. The summed E-state index contributed by atoms with van der Waals surface area (Å²) in [4.78, 5) is 9.16. The number of hydrogen-bond acceptors (Lipinski definition) is 5. The molecule has 0 unspecified atom stereocenters. The highest BCUT2D eigenvalue weighted by atomic mass is 19.4. The summed E-state index contributed by atoms with van der Waals surface area (Å²) in [7, 11) is 1.53. The van der Waals surface area contributed by atoms with Crippen molar-refractivity contribution in [1.29, 1.82) is 0 Å². The van der Waals surface area contributed by atoms with Crippen LogP contribution in [0, 0.1) is 0 Å². The molecule has 1 saturated carbocycles. The molecule has 0 atom stereocenters. The van der Waals surface area contributed by atoms with Crippen molar-refractivity contribution < 1.29 is 22.6 Å². The summed E-state index contributed by atoms with van der Waals surface area (Å²) in [6, 6.07) is 6.87. The van der Waals surface area contributed by atoms with E-state index in [4.69, 9.17) is 9.47 Å². The smallest absolute Gasteiger partial charge is 0.421 e. The summed E-state index contributed by atoms with van der Waals surface area (Å²) in [5.74, 6) is 0.445. The number of hydrogen-bond donors (Lipinski definition) is 0. The van der Waals surface area contributed by atoms with Gasteiger partial charge in [-0.3, -0.25) is 0 Å². The molecule has 29 heavy (non-hydrogen) atoms. The van der Waals surface area contributed by atoms with Crippen LogP contribution in [0.2, 0.25) is 0 Å². The van der Waals surface area contributed by atoms with Crippen LogP contribution in [0.3, 0.4) is 0 Å². The maximum atomic E-state index is 13.5. The Balaban J connectivity index is 1.87. The molecule has 1 aliphatic carbocycles. The van der Waals surface area contributed by atoms with Gasteiger partial charge in [0.15, 0.2) is 5.82 Å². The number of anilines is 2. The van der Waals surface area contributed by atoms with E-state index in [0.717, 1.165) is 19.0 Å². The summed E-state index contributed by atoms with van der Waals surface area (Å²) in [5.41, 5.74) is -1.00. The van der Waals surface area contributed by atoms with Gasteiger partial charge < -0.3 is 14.4 Å². The highest BCUT2D eigenvalue weighted by Crippen LogP contribution is 2.38. The molecule has 0 saturated heterocycles. The standard InChI is InChI=1S/C21H26F3N3O2/c1-20(2,3)29-19-25-13-17(21(22,23)24)18(26-19)27(4)14-9-11-16(12-10-14)28-15-7-5-6-8-15/h9-13,15H,5-8H2,1-4H3. The van der Waals surface area contributed by atoms with E-state index >= 15 is 0 Å². The van der Waals surface area contributed by atoms with Crippen molar-refractivity contribution in [2.45, 2.75) is 64.3 Å². The second kappa shape index (κ2) is 8.08. The summed E-state index contributed by atoms with van der Waals surface area (Å²) < 4.78 is 52.0. The Morgan fingerprint density at radius 3 is 2.21 bits per heavy atom. The summed E-state index contributed by atoms with van der Waals surface area (Å²) in [5, 5.41) is 0. The molecule has 1 aliphatic rings. The van der Waals surface area contributed by atoms with Crippen LogP contribution in [0.4, 0.5) is 24.7 Å². The highest BCUT2D eigenvalue weighted by molar-refractivity contribution is 5.63. The highest BCUT2D eigenvalue weighted by Gasteiger charge is 2.37. The van der Waals surface area contributed by atoms with Crippen molar-refractivity contribution in [2.75, 3.05) is 11.9 Å². The minimum Gasteiger partial charge on any atom is -0.490 e. The molecule has 2 aromatic rings. The average molecular weight is 409 g/mol. The molecular weight excluding hydrogens is 383 g/mol. The van der Waals surface area contributed by atoms with Gasteiger partial charge in [0.1, 0.15) is 16.9 Å². The van der Waals surface area contributed by atoms with Crippen molar-refractivity contribution in [3.05, 3.63) is 36.0 Å². The molecular formula is C21H26F3N3O2. The predicted molar refractivity (Wildman–Crippen MR) is 105 cm³/mol. The van der Waals surface area contributed by atoms with Crippen molar-refractivity contribution in [3.63, 3.8) is 0 Å². The fourth-order valence-corrected chi connectivity index (χ4v) is 3.21. The van der Waals surface area contributed by atoms with E-state index in [2.05, 4.69) is 9.97 Å². The van der Waals surface area contributed by atoms with E-state index < -0.39 is 17.3 Å². The predicted octanol–water partition coefficient (Wildman–Crippen LogP) is 5.76.